The van der Waals surface area contributed by atoms with Gasteiger partial charge in [-0.15, -0.1) is 35.9 Å². The Labute approximate surface area is 293 Å². The van der Waals surface area contributed by atoms with Crippen LogP contribution in [0.15, 0.2) is 181 Å². The van der Waals surface area contributed by atoms with Crippen LogP contribution in [-0.2, 0) is 20.1 Å². The zero-order chi connectivity index (χ0) is 31.0. The van der Waals surface area contributed by atoms with E-state index in [1.165, 1.54) is 37.7 Å². The number of nitrogens with zero attached hydrogens (tertiary/aromatic N) is 1. The van der Waals surface area contributed by atoms with Gasteiger partial charge in [-0.1, -0.05) is 103 Å². The molecule has 6 aromatic carbocycles. The molecule has 0 atom stereocenters. The zero-order valence-corrected chi connectivity index (χ0v) is 30.2. The fourth-order valence-electron chi connectivity index (χ4n) is 5.84. The van der Waals surface area contributed by atoms with E-state index in [9.17, 15) is 0 Å². The third kappa shape index (κ3) is 7.82. The van der Waals surface area contributed by atoms with Crippen molar-refractivity contribution in [1.29, 1.82) is 0 Å². The summed E-state index contributed by atoms with van der Waals surface area (Å²) in [6, 6.07) is 63.3. The number of pyridine rings is 1. The Bertz CT molecular complexity index is 1920. The first-order chi connectivity index (χ1) is 22.8. The molecule has 0 saturated heterocycles. The Balaban J connectivity index is 0.000000175. The van der Waals surface area contributed by atoms with Gasteiger partial charge in [0.05, 0.1) is 21.4 Å². The molecule has 0 fully saturated rings. The van der Waals surface area contributed by atoms with Crippen LogP contribution in [0.2, 0.25) is 0 Å². The molecule has 8 rings (SSSR count). The van der Waals surface area contributed by atoms with Crippen molar-refractivity contribution in [2.75, 3.05) is 0 Å². The summed E-state index contributed by atoms with van der Waals surface area (Å²) in [5.41, 5.74) is 5.60. The fraction of sp³-hybridized carbons (Fsp3) is 0. The molecule has 7 aromatic rings. The molecule has 0 unspecified atom stereocenters. The minimum atomic E-state index is -0.964. The molecule has 1 nitrogen and oxygen atoms in total. The van der Waals surface area contributed by atoms with E-state index in [4.69, 9.17) is 4.98 Å². The molecule has 0 spiro atoms. The Morgan fingerprint density at radius 2 is 0.936 bits per heavy atom. The summed E-state index contributed by atoms with van der Waals surface area (Å²) in [4.78, 5) is 4.74. The second kappa shape index (κ2) is 16.0. The van der Waals surface area contributed by atoms with Crippen LogP contribution in [0, 0.1) is 6.07 Å². The summed E-state index contributed by atoms with van der Waals surface area (Å²) in [5, 5.41) is 6.97. The molecule has 1 aliphatic carbocycles. The minimum absolute atomic E-state index is 0. The van der Waals surface area contributed by atoms with Crippen molar-refractivity contribution in [2.45, 2.75) is 0 Å². The molecule has 4 heteroatoms. The van der Waals surface area contributed by atoms with Gasteiger partial charge in [-0.25, -0.2) is 0 Å². The van der Waals surface area contributed by atoms with Crippen LogP contribution < -0.4 is 21.2 Å². The van der Waals surface area contributed by atoms with Crippen molar-refractivity contribution in [3.8, 4) is 11.3 Å². The van der Waals surface area contributed by atoms with E-state index in [1.54, 1.807) is 0 Å². The average molecular weight is 819 g/mol. The molecule has 1 radical (unpaired) electrons. The van der Waals surface area contributed by atoms with Crippen molar-refractivity contribution in [2.24, 2.45) is 0 Å². The number of aromatic nitrogens is 1. The molecule has 1 aliphatic rings. The van der Waals surface area contributed by atoms with Crippen LogP contribution in [0.5, 0.6) is 0 Å². The summed E-state index contributed by atoms with van der Waals surface area (Å²) in [6.07, 6.45) is 4.31. The smallest absolute Gasteiger partial charge is 0.102 e. The summed E-state index contributed by atoms with van der Waals surface area (Å²) in [7, 11) is -1.93. The van der Waals surface area contributed by atoms with Crippen LogP contribution in [0.1, 0.15) is 11.1 Å². The summed E-state index contributed by atoms with van der Waals surface area (Å²) in [6.45, 7) is 0. The second-order valence-corrected chi connectivity index (χ2v) is 15.7. The van der Waals surface area contributed by atoms with Crippen molar-refractivity contribution in [3.63, 3.8) is 0 Å². The standard InChI is InChI=1S/C26H22P2.C17H10N.Ir/c1-5-13-23(14-6-1)27(24-15-7-2-8-16-24)21-22-28(25-17-9-3-10-18-25)26-19-11-4-12-20-26;1-2-5-12(6-3-1)16-11-14-10-9-13-7-4-8-15(18-16)17(13)14;/h1-22H;1-5,7-11H;/q;-1;/p+2/b22-21-;;. The molecule has 0 aliphatic heterocycles. The van der Waals surface area contributed by atoms with Crippen LogP contribution in [-0.4, -0.2) is 4.98 Å². The number of hydrogen-bond acceptors (Lipinski definition) is 1. The van der Waals surface area contributed by atoms with Gasteiger partial charge in [0, 0.05) is 25.5 Å². The first-order valence-electron chi connectivity index (χ1n) is 15.6. The van der Waals surface area contributed by atoms with Gasteiger partial charge in [0.25, 0.3) is 0 Å². The predicted octanol–water partition coefficient (Wildman–Crippen LogP) is 9.37. The largest absolute Gasteiger partial charge is 0.296 e. The predicted molar refractivity (Wildman–Crippen MR) is 205 cm³/mol. The molecule has 229 valence electrons. The van der Waals surface area contributed by atoms with Crippen molar-refractivity contribution in [3.05, 3.63) is 199 Å². The van der Waals surface area contributed by atoms with Gasteiger partial charge in [-0.05, 0) is 71.4 Å². The first-order valence-corrected chi connectivity index (χ1v) is 18.7. The second-order valence-electron chi connectivity index (χ2n) is 11.1. The maximum atomic E-state index is 4.74. The van der Waals surface area contributed by atoms with Crippen LogP contribution in [0.3, 0.4) is 0 Å². The summed E-state index contributed by atoms with van der Waals surface area (Å²) in [5.74, 6) is 5.01. The van der Waals surface area contributed by atoms with Crippen molar-refractivity contribution < 1.29 is 20.1 Å². The first kappa shape index (κ1) is 32.7. The van der Waals surface area contributed by atoms with E-state index in [0.29, 0.717) is 0 Å². The van der Waals surface area contributed by atoms with E-state index >= 15 is 0 Å². The van der Waals surface area contributed by atoms with Gasteiger partial charge < -0.3 is 0 Å². The van der Waals surface area contributed by atoms with Crippen LogP contribution >= 0.6 is 15.8 Å². The number of rotatable bonds is 7. The molecule has 0 amide bonds. The molecule has 0 bridgehead atoms. The molecule has 0 saturated carbocycles. The van der Waals surface area contributed by atoms with Gasteiger partial charge in [-0.3, -0.25) is 4.98 Å². The van der Waals surface area contributed by atoms with E-state index in [-0.39, 0.29) is 20.1 Å². The molecule has 47 heavy (non-hydrogen) atoms. The van der Waals surface area contributed by atoms with E-state index in [2.05, 4.69) is 175 Å². The maximum absolute atomic E-state index is 4.74. The zero-order valence-electron chi connectivity index (χ0n) is 25.8. The Hall–Kier alpha value is -4.28. The SMILES string of the molecule is C(=C/[PH+](c1ccccc1)c1ccccc1)/[PH+](c1ccccc1)c1ccccc1.[Ir].[c-]1ccccc1-c1cc2c3c(cccc3n1)C=C2. The van der Waals surface area contributed by atoms with Gasteiger partial charge in [0.15, 0.2) is 0 Å². The summed E-state index contributed by atoms with van der Waals surface area (Å²) >= 11 is 0. The third-order valence-corrected chi connectivity index (χ3v) is 13.2. The Kier molecular flexibility index (Phi) is 11.1. The normalized spacial score (nSPS) is 11.4. The van der Waals surface area contributed by atoms with Gasteiger partial charge in [0.1, 0.15) is 32.9 Å². The van der Waals surface area contributed by atoms with Gasteiger partial charge in [0.2, 0.25) is 0 Å². The van der Waals surface area contributed by atoms with Crippen molar-refractivity contribution in [1.82, 2.24) is 4.98 Å². The Morgan fingerprint density at radius 1 is 0.468 bits per heavy atom. The quantitative estimate of drug-likeness (QED) is 0.116. The van der Waals surface area contributed by atoms with Gasteiger partial charge in [-0.2, -0.15) is 0 Å². The summed E-state index contributed by atoms with van der Waals surface area (Å²) < 4.78 is 0. The fourth-order valence-corrected chi connectivity index (χ4v) is 10.8. The molecule has 0 N–H and O–H groups in total. The van der Waals surface area contributed by atoms with Crippen molar-refractivity contribution >= 4 is 60.1 Å². The Morgan fingerprint density at radius 3 is 1.40 bits per heavy atom. The third-order valence-electron chi connectivity index (χ3n) is 8.08. The van der Waals surface area contributed by atoms with E-state index in [0.717, 1.165) is 16.8 Å². The van der Waals surface area contributed by atoms with Crippen LogP contribution in [0.25, 0.3) is 34.3 Å². The topological polar surface area (TPSA) is 12.9 Å². The monoisotopic (exact) mass is 819 g/mol. The average Bonchev–Trinajstić information content (AvgIpc) is 3.56. The van der Waals surface area contributed by atoms with E-state index in [1.807, 2.05) is 24.3 Å². The molecular weight excluding hydrogens is 785 g/mol. The number of benzene rings is 6. The van der Waals surface area contributed by atoms with E-state index < -0.39 is 15.8 Å². The van der Waals surface area contributed by atoms with Crippen LogP contribution in [0.4, 0.5) is 0 Å². The maximum Gasteiger partial charge on any atom is 0.102 e. The molecule has 1 heterocycles. The molecule has 1 aromatic heterocycles. The number of hydrogen-bond donors (Lipinski definition) is 0. The van der Waals surface area contributed by atoms with Gasteiger partial charge >= 0.3 is 0 Å². The minimum Gasteiger partial charge on any atom is -0.296 e. The molecular formula is C43H34IrNP2+.